The SMILES string of the molecule is COc1ccc(C(=O)NCc2ncccc2C)cc1N. The number of hydrogen-bond acceptors (Lipinski definition) is 4. The highest BCUT2D eigenvalue weighted by molar-refractivity contribution is 5.95. The molecule has 2 aromatic rings. The maximum Gasteiger partial charge on any atom is 0.251 e. The molecular weight excluding hydrogens is 254 g/mol. The third-order valence-electron chi connectivity index (χ3n) is 3.03. The first-order valence-corrected chi connectivity index (χ1v) is 6.24. The van der Waals surface area contributed by atoms with E-state index in [4.69, 9.17) is 10.5 Å². The van der Waals surface area contributed by atoms with E-state index >= 15 is 0 Å². The summed E-state index contributed by atoms with van der Waals surface area (Å²) in [4.78, 5) is 16.3. The summed E-state index contributed by atoms with van der Waals surface area (Å²) in [5.41, 5.74) is 8.61. The fourth-order valence-corrected chi connectivity index (χ4v) is 1.85. The third-order valence-corrected chi connectivity index (χ3v) is 3.03. The number of benzene rings is 1. The monoisotopic (exact) mass is 271 g/mol. The number of amides is 1. The van der Waals surface area contributed by atoms with Crippen LogP contribution in [0.4, 0.5) is 5.69 Å². The minimum atomic E-state index is -0.190. The van der Waals surface area contributed by atoms with Crippen LogP contribution in [0.2, 0.25) is 0 Å². The molecule has 1 heterocycles. The molecule has 0 saturated heterocycles. The topological polar surface area (TPSA) is 77.2 Å². The average molecular weight is 271 g/mol. The van der Waals surface area contributed by atoms with E-state index in [0.717, 1.165) is 11.3 Å². The van der Waals surface area contributed by atoms with Crippen molar-refractivity contribution in [1.82, 2.24) is 10.3 Å². The summed E-state index contributed by atoms with van der Waals surface area (Å²) in [7, 11) is 1.54. The standard InChI is InChI=1S/C15H17N3O2/c1-10-4-3-7-17-13(10)9-18-15(19)11-5-6-14(20-2)12(16)8-11/h3-8H,9,16H2,1-2H3,(H,18,19). The maximum absolute atomic E-state index is 12.0. The minimum absolute atomic E-state index is 0.190. The number of anilines is 1. The maximum atomic E-state index is 12.0. The first kappa shape index (κ1) is 13.9. The normalized spacial score (nSPS) is 10.1. The average Bonchev–Trinajstić information content (AvgIpc) is 2.46. The van der Waals surface area contributed by atoms with Crippen LogP contribution < -0.4 is 15.8 Å². The van der Waals surface area contributed by atoms with E-state index in [0.29, 0.717) is 23.5 Å². The van der Waals surface area contributed by atoms with Gasteiger partial charge in [0.25, 0.3) is 5.91 Å². The quantitative estimate of drug-likeness (QED) is 0.833. The molecule has 3 N–H and O–H groups in total. The van der Waals surface area contributed by atoms with Crippen molar-refractivity contribution in [2.24, 2.45) is 0 Å². The van der Waals surface area contributed by atoms with E-state index in [-0.39, 0.29) is 5.91 Å². The Kier molecular flexibility index (Phi) is 4.20. The molecule has 0 radical (unpaired) electrons. The van der Waals surface area contributed by atoms with Gasteiger partial charge in [0.05, 0.1) is 25.0 Å². The van der Waals surface area contributed by atoms with E-state index in [9.17, 15) is 4.79 Å². The molecule has 1 amide bonds. The van der Waals surface area contributed by atoms with E-state index < -0.39 is 0 Å². The zero-order valence-corrected chi connectivity index (χ0v) is 11.5. The predicted octanol–water partition coefficient (Wildman–Crippen LogP) is 1.91. The molecule has 104 valence electrons. The van der Waals surface area contributed by atoms with Gasteiger partial charge in [-0.3, -0.25) is 9.78 Å². The van der Waals surface area contributed by atoms with Crippen LogP contribution in [-0.2, 0) is 6.54 Å². The summed E-state index contributed by atoms with van der Waals surface area (Å²) < 4.78 is 5.06. The Labute approximate surface area is 117 Å². The smallest absolute Gasteiger partial charge is 0.251 e. The zero-order valence-electron chi connectivity index (χ0n) is 11.5. The second-order valence-corrected chi connectivity index (χ2v) is 4.41. The molecule has 0 fully saturated rings. The minimum Gasteiger partial charge on any atom is -0.495 e. The van der Waals surface area contributed by atoms with E-state index in [1.165, 1.54) is 7.11 Å². The highest BCUT2D eigenvalue weighted by atomic mass is 16.5. The van der Waals surface area contributed by atoms with Gasteiger partial charge in [-0.2, -0.15) is 0 Å². The van der Waals surface area contributed by atoms with Gasteiger partial charge in [-0.1, -0.05) is 6.07 Å². The van der Waals surface area contributed by atoms with E-state index in [1.54, 1.807) is 24.4 Å². The highest BCUT2D eigenvalue weighted by Gasteiger charge is 2.09. The molecule has 0 aliphatic carbocycles. The molecule has 0 spiro atoms. The molecule has 0 saturated carbocycles. The molecule has 0 aliphatic rings. The van der Waals surface area contributed by atoms with Gasteiger partial charge in [-0.05, 0) is 36.8 Å². The second kappa shape index (κ2) is 6.06. The Hall–Kier alpha value is -2.56. The molecule has 2 rings (SSSR count). The second-order valence-electron chi connectivity index (χ2n) is 4.41. The Morgan fingerprint density at radius 3 is 2.85 bits per heavy atom. The fraction of sp³-hybridized carbons (Fsp3) is 0.200. The number of pyridine rings is 1. The number of aromatic nitrogens is 1. The Morgan fingerprint density at radius 2 is 2.20 bits per heavy atom. The molecule has 0 atom stereocenters. The van der Waals surface area contributed by atoms with Crippen LogP contribution in [0.25, 0.3) is 0 Å². The van der Waals surface area contributed by atoms with Crippen LogP contribution in [0, 0.1) is 6.92 Å². The van der Waals surface area contributed by atoms with Crippen molar-refractivity contribution in [2.45, 2.75) is 13.5 Å². The van der Waals surface area contributed by atoms with E-state index in [2.05, 4.69) is 10.3 Å². The number of methoxy groups -OCH3 is 1. The van der Waals surface area contributed by atoms with Crippen LogP contribution in [0.1, 0.15) is 21.6 Å². The Bertz CT molecular complexity index is 626. The number of ether oxygens (including phenoxy) is 1. The molecular formula is C15H17N3O2. The summed E-state index contributed by atoms with van der Waals surface area (Å²) in [6, 6.07) is 8.77. The van der Waals surface area contributed by atoms with E-state index in [1.807, 2.05) is 19.1 Å². The number of carbonyl (C=O) groups is 1. The molecule has 5 nitrogen and oxygen atoms in total. The molecule has 0 unspecified atom stereocenters. The molecule has 0 aliphatic heterocycles. The fourth-order valence-electron chi connectivity index (χ4n) is 1.85. The Morgan fingerprint density at radius 1 is 1.40 bits per heavy atom. The van der Waals surface area contributed by atoms with Crippen molar-refractivity contribution in [2.75, 3.05) is 12.8 Å². The summed E-state index contributed by atoms with van der Waals surface area (Å²) in [5.74, 6) is 0.367. The van der Waals surface area contributed by atoms with Gasteiger partial charge >= 0.3 is 0 Å². The van der Waals surface area contributed by atoms with Crippen LogP contribution in [0.15, 0.2) is 36.5 Å². The number of nitrogens with zero attached hydrogens (tertiary/aromatic N) is 1. The van der Waals surface area contributed by atoms with Gasteiger partial charge in [0.15, 0.2) is 0 Å². The van der Waals surface area contributed by atoms with Gasteiger partial charge in [0.2, 0.25) is 0 Å². The molecule has 0 bridgehead atoms. The van der Waals surface area contributed by atoms with Crippen LogP contribution >= 0.6 is 0 Å². The number of carbonyl (C=O) groups excluding carboxylic acids is 1. The molecule has 20 heavy (non-hydrogen) atoms. The van der Waals surface area contributed by atoms with Crippen LogP contribution in [0.3, 0.4) is 0 Å². The largest absolute Gasteiger partial charge is 0.495 e. The lowest BCUT2D eigenvalue weighted by Crippen LogP contribution is -2.23. The summed E-state index contributed by atoms with van der Waals surface area (Å²) in [6.45, 7) is 2.34. The first-order chi connectivity index (χ1) is 9.61. The van der Waals surface area contributed by atoms with Crippen LogP contribution in [0.5, 0.6) is 5.75 Å². The first-order valence-electron chi connectivity index (χ1n) is 6.24. The molecule has 1 aromatic carbocycles. The number of rotatable bonds is 4. The Balaban J connectivity index is 2.05. The molecule has 5 heteroatoms. The number of nitrogens with two attached hydrogens (primary N) is 1. The van der Waals surface area contributed by atoms with Crippen LogP contribution in [-0.4, -0.2) is 18.0 Å². The van der Waals surface area contributed by atoms with Crippen molar-refractivity contribution in [3.05, 3.63) is 53.3 Å². The van der Waals surface area contributed by atoms with Gasteiger partial charge in [0, 0.05) is 11.8 Å². The lowest BCUT2D eigenvalue weighted by molar-refractivity contribution is 0.0950. The van der Waals surface area contributed by atoms with Crippen molar-refractivity contribution in [1.29, 1.82) is 0 Å². The highest BCUT2D eigenvalue weighted by Crippen LogP contribution is 2.21. The summed E-state index contributed by atoms with van der Waals surface area (Å²) in [5, 5.41) is 2.82. The summed E-state index contributed by atoms with van der Waals surface area (Å²) in [6.07, 6.45) is 1.71. The number of nitrogen functional groups attached to an aromatic ring is 1. The zero-order chi connectivity index (χ0) is 14.5. The van der Waals surface area contributed by atoms with Crippen molar-refractivity contribution in [3.63, 3.8) is 0 Å². The van der Waals surface area contributed by atoms with Crippen molar-refractivity contribution >= 4 is 11.6 Å². The lowest BCUT2D eigenvalue weighted by atomic mass is 10.1. The van der Waals surface area contributed by atoms with Crippen molar-refractivity contribution < 1.29 is 9.53 Å². The van der Waals surface area contributed by atoms with Gasteiger partial charge in [0.1, 0.15) is 5.75 Å². The summed E-state index contributed by atoms with van der Waals surface area (Å²) >= 11 is 0. The van der Waals surface area contributed by atoms with Gasteiger partial charge < -0.3 is 15.8 Å². The van der Waals surface area contributed by atoms with Crippen molar-refractivity contribution in [3.8, 4) is 5.75 Å². The van der Waals surface area contributed by atoms with Gasteiger partial charge in [-0.15, -0.1) is 0 Å². The number of nitrogens with one attached hydrogen (secondary N) is 1. The molecule has 1 aromatic heterocycles. The lowest BCUT2D eigenvalue weighted by Gasteiger charge is -2.09. The van der Waals surface area contributed by atoms with Gasteiger partial charge in [-0.25, -0.2) is 0 Å². The number of aryl methyl sites for hydroxylation is 1. The number of hydrogen-bond donors (Lipinski definition) is 2. The third kappa shape index (κ3) is 3.06. The predicted molar refractivity (Wildman–Crippen MR) is 77.6 cm³/mol.